The van der Waals surface area contributed by atoms with Gasteiger partial charge in [0.15, 0.2) is 0 Å². The molecule has 0 aliphatic heterocycles. The van der Waals surface area contributed by atoms with Crippen LogP contribution >= 0.6 is 15.9 Å². The van der Waals surface area contributed by atoms with Crippen molar-refractivity contribution in [1.82, 2.24) is 4.57 Å². The van der Waals surface area contributed by atoms with Gasteiger partial charge in [-0.25, -0.2) is 0 Å². The molecule has 0 unspecified atom stereocenters. The highest BCUT2D eigenvalue weighted by Gasteiger charge is 2.12. The van der Waals surface area contributed by atoms with Crippen molar-refractivity contribution < 1.29 is 0 Å². The van der Waals surface area contributed by atoms with Crippen LogP contribution in [0, 0.1) is 0 Å². The second-order valence-corrected chi connectivity index (χ2v) is 5.30. The summed E-state index contributed by atoms with van der Waals surface area (Å²) < 4.78 is 2.79. The molecule has 0 amide bonds. The number of benzene rings is 1. The van der Waals surface area contributed by atoms with Crippen LogP contribution in [0.25, 0.3) is 11.8 Å². The van der Waals surface area contributed by atoms with Crippen LogP contribution in [0.3, 0.4) is 0 Å². The van der Waals surface area contributed by atoms with Crippen LogP contribution in [-0.2, 0) is 6.42 Å². The van der Waals surface area contributed by atoms with Gasteiger partial charge in [0.05, 0.1) is 0 Å². The highest BCUT2D eigenvalue weighted by atomic mass is 79.9. The van der Waals surface area contributed by atoms with Gasteiger partial charge in [0.1, 0.15) is 0 Å². The van der Waals surface area contributed by atoms with Gasteiger partial charge in [0, 0.05) is 22.4 Å². The van der Waals surface area contributed by atoms with Crippen molar-refractivity contribution in [2.75, 3.05) is 0 Å². The van der Waals surface area contributed by atoms with Gasteiger partial charge in [-0.05, 0) is 48.2 Å². The summed E-state index contributed by atoms with van der Waals surface area (Å²) in [7, 11) is 0. The normalized spacial score (nSPS) is 13.9. The van der Waals surface area contributed by atoms with Crippen LogP contribution in [0.2, 0.25) is 0 Å². The first-order valence-corrected chi connectivity index (χ1v) is 6.70. The lowest BCUT2D eigenvalue weighted by Gasteiger charge is -2.18. The van der Waals surface area contributed by atoms with E-state index in [1.165, 1.54) is 11.1 Å². The van der Waals surface area contributed by atoms with Crippen LogP contribution in [0.1, 0.15) is 17.5 Å². The maximum atomic E-state index is 11.8. The molecular weight excluding hydrogens is 290 g/mol. The number of hydrogen-bond acceptors (Lipinski definition) is 1. The minimum absolute atomic E-state index is 0.0298. The van der Waals surface area contributed by atoms with E-state index in [-0.39, 0.29) is 5.56 Å². The Bertz CT molecular complexity index is 685. The van der Waals surface area contributed by atoms with Gasteiger partial charge >= 0.3 is 0 Å². The van der Waals surface area contributed by atoms with Crippen molar-refractivity contribution in [2.45, 2.75) is 12.8 Å². The summed E-state index contributed by atoms with van der Waals surface area (Å²) in [6, 6.07) is 11.6. The molecule has 0 bridgehead atoms. The molecule has 0 spiro atoms. The lowest BCUT2D eigenvalue weighted by atomic mass is 9.95. The highest BCUT2D eigenvalue weighted by molar-refractivity contribution is 9.10. The van der Waals surface area contributed by atoms with Crippen LogP contribution < -0.4 is 5.56 Å². The molecule has 1 aromatic heterocycles. The zero-order valence-corrected chi connectivity index (χ0v) is 11.4. The Kier molecular flexibility index (Phi) is 2.92. The summed E-state index contributed by atoms with van der Waals surface area (Å²) in [6.45, 7) is 0. The third kappa shape index (κ3) is 2.06. The summed E-state index contributed by atoms with van der Waals surface area (Å²) in [5.41, 5.74) is 3.63. The molecule has 1 aromatic carbocycles. The molecule has 90 valence electrons. The molecule has 3 heteroatoms. The monoisotopic (exact) mass is 301 g/mol. The molecule has 1 aliphatic rings. The van der Waals surface area contributed by atoms with E-state index in [2.05, 4.69) is 40.2 Å². The van der Waals surface area contributed by atoms with Crippen molar-refractivity contribution in [1.29, 1.82) is 0 Å². The molecule has 2 aromatic rings. The minimum atomic E-state index is 0.0298. The van der Waals surface area contributed by atoms with Gasteiger partial charge in [-0.1, -0.05) is 28.1 Å². The molecule has 18 heavy (non-hydrogen) atoms. The third-order valence-corrected chi connectivity index (χ3v) is 3.71. The Hall–Kier alpha value is -1.61. The highest BCUT2D eigenvalue weighted by Crippen LogP contribution is 2.28. The molecule has 0 saturated carbocycles. The quantitative estimate of drug-likeness (QED) is 0.789. The van der Waals surface area contributed by atoms with Gasteiger partial charge in [0.2, 0.25) is 0 Å². The molecule has 0 fully saturated rings. The van der Waals surface area contributed by atoms with Gasteiger partial charge in [-0.15, -0.1) is 0 Å². The number of aromatic nitrogens is 1. The number of halogens is 1. The predicted octanol–water partition coefficient (Wildman–Crippen LogP) is 3.56. The molecule has 0 atom stereocenters. The first kappa shape index (κ1) is 11.5. The fourth-order valence-corrected chi connectivity index (χ4v) is 2.68. The Labute approximate surface area is 114 Å². The van der Waals surface area contributed by atoms with Crippen molar-refractivity contribution in [3.63, 3.8) is 0 Å². The topological polar surface area (TPSA) is 22.0 Å². The van der Waals surface area contributed by atoms with E-state index in [1.807, 2.05) is 12.3 Å². The van der Waals surface area contributed by atoms with Gasteiger partial charge in [0.25, 0.3) is 5.56 Å². The fourth-order valence-electron chi connectivity index (χ4n) is 2.30. The second-order valence-electron chi connectivity index (χ2n) is 4.39. The number of pyridine rings is 1. The number of hydrogen-bond donors (Lipinski definition) is 0. The summed E-state index contributed by atoms with van der Waals surface area (Å²) >= 11 is 3.48. The SMILES string of the molecule is O=c1ccccn1C1=Cc2cc(Br)ccc2CC1. The van der Waals surface area contributed by atoms with E-state index in [1.54, 1.807) is 16.7 Å². The predicted molar refractivity (Wildman–Crippen MR) is 77.3 cm³/mol. The largest absolute Gasteiger partial charge is 0.288 e. The molecule has 0 N–H and O–H groups in total. The molecule has 1 aliphatic carbocycles. The molecule has 1 heterocycles. The lowest BCUT2D eigenvalue weighted by Crippen LogP contribution is -2.18. The van der Waals surface area contributed by atoms with E-state index in [0.717, 1.165) is 23.0 Å². The smallest absolute Gasteiger partial charge is 0.254 e. The van der Waals surface area contributed by atoms with Gasteiger partial charge < -0.3 is 0 Å². The average Bonchev–Trinajstić information content (AvgIpc) is 2.38. The van der Waals surface area contributed by atoms with Crippen molar-refractivity contribution in [3.8, 4) is 0 Å². The second kappa shape index (κ2) is 4.58. The minimum Gasteiger partial charge on any atom is -0.288 e. The Balaban J connectivity index is 2.11. The van der Waals surface area contributed by atoms with Crippen LogP contribution in [0.15, 0.2) is 51.9 Å². The third-order valence-electron chi connectivity index (χ3n) is 3.21. The average molecular weight is 302 g/mol. The van der Waals surface area contributed by atoms with E-state index >= 15 is 0 Å². The standard InChI is InChI=1S/C15H12BrNO/c16-13-6-4-11-5-7-14(10-12(11)9-13)17-8-2-1-3-15(17)18/h1-4,6,8-10H,5,7H2. The maximum absolute atomic E-state index is 11.8. The zero-order valence-electron chi connectivity index (χ0n) is 9.77. The molecule has 0 saturated heterocycles. The van der Waals surface area contributed by atoms with E-state index < -0.39 is 0 Å². The number of rotatable bonds is 1. The summed E-state index contributed by atoms with van der Waals surface area (Å²) in [5, 5.41) is 0. The van der Waals surface area contributed by atoms with Crippen molar-refractivity contribution in [3.05, 3.63) is 68.5 Å². The Morgan fingerprint density at radius 2 is 2.00 bits per heavy atom. The summed E-state index contributed by atoms with van der Waals surface area (Å²) in [6.07, 6.45) is 5.82. The number of allylic oxidation sites excluding steroid dienone is 1. The Morgan fingerprint density at radius 3 is 2.83 bits per heavy atom. The number of fused-ring (bicyclic) bond motifs is 1. The van der Waals surface area contributed by atoms with Crippen LogP contribution in [0.4, 0.5) is 0 Å². The molecule has 3 rings (SSSR count). The first-order valence-electron chi connectivity index (χ1n) is 5.91. The number of nitrogens with zero attached hydrogens (tertiary/aromatic N) is 1. The van der Waals surface area contributed by atoms with Crippen molar-refractivity contribution in [2.24, 2.45) is 0 Å². The summed E-state index contributed by atoms with van der Waals surface area (Å²) in [5.74, 6) is 0. The summed E-state index contributed by atoms with van der Waals surface area (Å²) in [4.78, 5) is 11.8. The molecule has 2 nitrogen and oxygen atoms in total. The Morgan fingerprint density at radius 1 is 1.11 bits per heavy atom. The lowest BCUT2D eigenvalue weighted by molar-refractivity contribution is 0.892. The van der Waals surface area contributed by atoms with Crippen LogP contribution in [0.5, 0.6) is 0 Å². The fraction of sp³-hybridized carbons (Fsp3) is 0.133. The van der Waals surface area contributed by atoms with Crippen LogP contribution in [-0.4, -0.2) is 4.57 Å². The molecule has 0 radical (unpaired) electrons. The van der Waals surface area contributed by atoms with E-state index in [4.69, 9.17) is 0 Å². The van der Waals surface area contributed by atoms with Gasteiger partial charge in [-0.2, -0.15) is 0 Å². The van der Waals surface area contributed by atoms with E-state index in [9.17, 15) is 4.79 Å². The molecular formula is C15H12BrNO. The van der Waals surface area contributed by atoms with Gasteiger partial charge in [-0.3, -0.25) is 9.36 Å². The maximum Gasteiger partial charge on any atom is 0.254 e. The number of aryl methyl sites for hydroxylation is 1. The van der Waals surface area contributed by atoms with E-state index in [0.29, 0.717) is 0 Å². The first-order chi connectivity index (χ1) is 8.74. The van der Waals surface area contributed by atoms with Crippen molar-refractivity contribution >= 4 is 27.7 Å². The zero-order chi connectivity index (χ0) is 12.5.